The summed E-state index contributed by atoms with van der Waals surface area (Å²) < 4.78 is 0. The van der Waals surface area contributed by atoms with Gasteiger partial charge in [-0.05, 0) is 30.1 Å². The molecule has 1 nitrogen and oxygen atoms in total. The van der Waals surface area contributed by atoms with E-state index < -0.39 is 0 Å². The first kappa shape index (κ1) is 6.41. The summed E-state index contributed by atoms with van der Waals surface area (Å²) in [5.74, 6) is 1.45. The Labute approximate surface area is 61.8 Å². The Morgan fingerprint density at radius 1 is 1.60 bits per heavy atom. The van der Waals surface area contributed by atoms with Crippen molar-refractivity contribution in [3.05, 3.63) is 12.2 Å². The summed E-state index contributed by atoms with van der Waals surface area (Å²) >= 11 is 0. The molecule has 1 N–H and O–H groups in total. The van der Waals surface area contributed by atoms with Crippen LogP contribution in [0, 0.1) is 17.3 Å². The normalized spacial score (nSPS) is 50.6. The van der Waals surface area contributed by atoms with Gasteiger partial charge in [-0.1, -0.05) is 19.1 Å². The molecule has 2 aliphatic carbocycles. The van der Waals surface area contributed by atoms with Crippen LogP contribution in [0.1, 0.15) is 19.8 Å². The highest BCUT2D eigenvalue weighted by molar-refractivity contribution is 5.14. The van der Waals surface area contributed by atoms with Crippen LogP contribution in [0.5, 0.6) is 0 Å². The summed E-state index contributed by atoms with van der Waals surface area (Å²) in [6.45, 7) is 2.56. The van der Waals surface area contributed by atoms with Crippen LogP contribution < -0.4 is 0 Å². The van der Waals surface area contributed by atoms with E-state index in [1.54, 1.807) is 0 Å². The van der Waals surface area contributed by atoms with Crippen molar-refractivity contribution in [1.82, 2.24) is 0 Å². The van der Waals surface area contributed by atoms with Crippen LogP contribution in [0.3, 0.4) is 0 Å². The van der Waals surface area contributed by atoms with Crippen LogP contribution in [0.25, 0.3) is 0 Å². The van der Waals surface area contributed by atoms with Crippen molar-refractivity contribution in [2.45, 2.75) is 19.8 Å². The maximum absolute atomic E-state index is 9.11. The molecule has 0 aromatic heterocycles. The fraction of sp³-hybridized carbons (Fsp3) is 0.778. The van der Waals surface area contributed by atoms with Crippen LogP contribution in [0.2, 0.25) is 0 Å². The van der Waals surface area contributed by atoms with E-state index in [9.17, 15) is 0 Å². The van der Waals surface area contributed by atoms with Gasteiger partial charge < -0.3 is 5.11 Å². The third-order valence-electron chi connectivity index (χ3n) is 3.16. The number of hydrogen-bond donors (Lipinski definition) is 1. The van der Waals surface area contributed by atoms with Gasteiger partial charge in [0.2, 0.25) is 0 Å². The maximum atomic E-state index is 9.11. The standard InChI is InChI=1S/C9H14O/c1-9(6-10)5-7-2-3-8(9)4-7/h2-3,7-8,10H,4-6H2,1H3/t7-,8+,9+/m0/s1. The number of rotatable bonds is 1. The highest BCUT2D eigenvalue weighted by Gasteiger charge is 2.44. The minimum atomic E-state index is 0.222. The molecule has 3 atom stereocenters. The average Bonchev–Trinajstić information content (AvgIpc) is 2.46. The summed E-state index contributed by atoms with van der Waals surface area (Å²) in [6.07, 6.45) is 7.08. The Hall–Kier alpha value is -0.300. The Balaban J connectivity index is 2.22. The van der Waals surface area contributed by atoms with Crippen LogP contribution in [-0.2, 0) is 0 Å². The summed E-state index contributed by atoms with van der Waals surface area (Å²) in [4.78, 5) is 0. The number of fused-ring (bicyclic) bond motifs is 2. The highest BCUT2D eigenvalue weighted by atomic mass is 16.3. The van der Waals surface area contributed by atoms with Crippen LogP contribution in [0.15, 0.2) is 12.2 Å². The smallest absolute Gasteiger partial charge is 0.0490 e. The Bertz CT molecular complexity index is 174. The van der Waals surface area contributed by atoms with Crippen molar-refractivity contribution in [3.8, 4) is 0 Å². The molecule has 0 aromatic rings. The molecule has 2 bridgehead atoms. The van der Waals surface area contributed by atoms with E-state index in [2.05, 4.69) is 19.1 Å². The summed E-state index contributed by atoms with van der Waals surface area (Å²) in [7, 11) is 0. The van der Waals surface area contributed by atoms with Crippen LogP contribution in [0.4, 0.5) is 0 Å². The molecule has 0 heterocycles. The summed E-state index contributed by atoms with van der Waals surface area (Å²) in [5.41, 5.74) is 0.222. The van der Waals surface area contributed by atoms with E-state index in [0.717, 1.165) is 5.92 Å². The lowest BCUT2D eigenvalue weighted by molar-refractivity contribution is 0.116. The predicted molar refractivity (Wildman–Crippen MR) is 40.5 cm³/mol. The predicted octanol–water partition coefficient (Wildman–Crippen LogP) is 1.58. The minimum absolute atomic E-state index is 0.222. The van der Waals surface area contributed by atoms with E-state index >= 15 is 0 Å². The van der Waals surface area contributed by atoms with Gasteiger partial charge in [-0.25, -0.2) is 0 Å². The minimum Gasteiger partial charge on any atom is -0.396 e. The zero-order chi connectivity index (χ0) is 7.19. The molecule has 2 rings (SSSR count). The fourth-order valence-corrected chi connectivity index (χ4v) is 2.37. The second kappa shape index (κ2) is 1.85. The van der Waals surface area contributed by atoms with Crippen molar-refractivity contribution in [2.75, 3.05) is 6.61 Å². The van der Waals surface area contributed by atoms with Gasteiger partial charge in [-0.15, -0.1) is 0 Å². The second-order valence-corrected chi connectivity index (χ2v) is 4.00. The van der Waals surface area contributed by atoms with Crippen molar-refractivity contribution >= 4 is 0 Å². The largest absolute Gasteiger partial charge is 0.396 e. The Morgan fingerprint density at radius 3 is 2.70 bits per heavy atom. The van der Waals surface area contributed by atoms with Crippen molar-refractivity contribution in [1.29, 1.82) is 0 Å². The molecule has 1 saturated carbocycles. The van der Waals surface area contributed by atoms with Crippen molar-refractivity contribution < 1.29 is 5.11 Å². The first-order valence-corrected chi connectivity index (χ1v) is 4.04. The average molecular weight is 138 g/mol. The summed E-state index contributed by atoms with van der Waals surface area (Å²) in [6, 6.07) is 0. The highest BCUT2D eigenvalue weighted by Crippen LogP contribution is 2.51. The van der Waals surface area contributed by atoms with Gasteiger partial charge in [0.05, 0.1) is 0 Å². The van der Waals surface area contributed by atoms with E-state index in [1.807, 2.05) is 0 Å². The molecule has 0 spiro atoms. The molecule has 0 radical (unpaired) electrons. The number of aliphatic hydroxyl groups excluding tert-OH is 1. The molecule has 1 heteroatoms. The molecular formula is C9H14O. The monoisotopic (exact) mass is 138 g/mol. The molecule has 0 unspecified atom stereocenters. The molecule has 10 heavy (non-hydrogen) atoms. The zero-order valence-corrected chi connectivity index (χ0v) is 6.38. The molecular weight excluding hydrogens is 124 g/mol. The lowest BCUT2D eigenvalue weighted by atomic mass is 9.78. The maximum Gasteiger partial charge on any atom is 0.0490 e. The third kappa shape index (κ3) is 0.671. The topological polar surface area (TPSA) is 20.2 Å². The lowest BCUT2D eigenvalue weighted by Gasteiger charge is -2.28. The van der Waals surface area contributed by atoms with E-state index in [1.165, 1.54) is 12.8 Å². The summed E-state index contributed by atoms with van der Waals surface area (Å²) in [5, 5.41) is 9.11. The molecule has 0 aromatic carbocycles. The second-order valence-electron chi connectivity index (χ2n) is 4.00. The zero-order valence-electron chi connectivity index (χ0n) is 6.38. The molecule has 56 valence electrons. The van der Waals surface area contributed by atoms with Crippen LogP contribution >= 0.6 is 0 Å². The third-order valence-corrected chi connectivity index (χ3v) is 3.16. The first-order valence-electron chi connectivity index (χ1n) is 4.04. The van der Waals surface area contributed by atoms with Gasteiger partial charge >= 0.3 is 0 Å². The van der Waals surface area contributed by atoms with Gasteiger partial charge in [0, 0.05) is 6.61 Å². The molecule has 0 saturated heterocycles. The quantitative estimate of drug-likeness (QED) is 0.545. The van der Waals surface area contributed by atoms with Crippen molar-refractivity contribution in [3.63, 3.8) is 0 Å². The van der Waals surface area contributed by atoms with Gasteiger partial charge in [-0.2, -0.15) is 0 Å². The van der Waals surface area contributed by atoms with Crippen LogP contribution in [-0.4, -0.2) is 11.7 Å². The van der Waals surface area contributed by atoms with Gasteiger partial charge in [0.15, 0.2) is 0 Å². The van der Waals surface area contributed by atoms with Crippen molar-refractivity contribution in [2.24, 2.45) is 17.3 Å². The molecule has 1 fully saturated rings. The molecule has 0 aliphatic heterocycles. The van der Waals surface area contributed by atoms with E-state index in [-0.39, 0.29) is 5.41 Å². The molecule has 2 aliphatic rings. The number of aliphatic hydroxyl groups is 1. The number of hydrogen-bond acceptors (Lipinski definition) is 1. The first-order chi connectivity index (χ1) is 4.74. The Kier molecular flexibility index (Phi) is 1.19. The van der Waals surface area contributed by atoms with Gasteiger partial charge in [0.1, 0.15) is 0 Å². The lowest BCUT2D eigenvalue weighted by Crippen LogP contribution is -2.25. The van der Waals surface area contributed by atoms with Gasteiger partial charge in [-0.3, -0.25) is 0 Å². The SMILES string of the molecule is C[C@]1(CO)C[C@H]2C=C[C@@H]1C2. The Morgan fingerprint density at radius 2 is 2.40 bits per heavy atom. The van der Waals surface area contributed by atoms with Gasteiger partial charge in [0.25, 0.3) is 0 Å². The fourth-order valence-electron chi connectivity index (χ4n) is 2.37. The van der Waals surface area contributed by atoms with E-state index in [4.69, 9.17) is 5.11 Å². The van der Waals surface area contributed by atoms with E-state index in [0.29, 0.717) is 12.5 Å². The molecule has 0 amide bonds. The number of allylic oxidation sites excluding steroid dienone is 2.